The monoisotopic (exact) mass is 461 g/mol. The first kappa shape index (κ1) is 23.9. The van der Waals surface area contributed by atoms with Crippen LogP contribution < -0.4 is 20.7 Å². The minimum Gasteiger partial charge on any atom is -0.490 e. The van der Waals surface area contributed by atoms with Gasteiger partial charge >= 0.3 is 0 Å². The second kappa shape index (κ2) is 11.2. The number of carbonyl (C=O) groups is 2. The van der Waals surface area contributed by atoms with Gasteiger partial charge in [-0.15, -0.1) is 0 Å². The van der Waals surface area contributed by atoms with Crippen molar-refractivity contribution in [2.75, 3.05) is 5.32 Å². The summed E-state index contributed by atoms with van der Waals surface area (Å²) in [5, 5.41) is 8.70. The van der Waals surface area contributed by atoms with Gasteiger partial charge in [0.15, 0.2) is 5.11 Å². The number of ether oxygens (including phenoxy) is 1. The first-order valence-corrected chi connectivity index (χ1v) is 11.1. The van der Waals surface area contributed by atoms with E-state index in [1.54, 1.807) is 48.5 Å². The van der Waals surface area contributed by atoms with Crippen LogP contribution in [0.3, 0.4) is 0 Å². The molecule has 3 N–H and O–H groups in total. The highest BCUT2D eigenvalue weighted by atomic mass is 32.1. The first-order chi connectivity index (χ1) is 15.8. The lowest BCUT2D eigenvalue weighted by atomic mass is 10.1. The maximum Gasteiger partial charge on any atom is 0.261 e. The van der Waals surface area contributed by atoms with Crippen molar-refractivity contribution < 1.29 is 14.3 Å². The predicted molar refractivity (Wildman–Crippen MR) is 135 cm³/mol. The van der Waals surface area contributed by atoms with Gasteiger partial charge in [0.2, 0.25) is 0 Å². The Morgan fingerprint density at radius 2 is 1.39 bits per heavy atom. The summed E-state index contributed by atoms with van der Waals surface area (Å²) < 4.78 is 5.71. The standard InChI is InChI=1S/C26H27N3O3S/c1-17(2)32-23-16-10-8-14-21(23)25(31)29-26(33)28-22-15-9-7-13-20(22)24(30)27-18(3)19-11-5-4-6-12-19/h4-18H,1-3H3,(H,27,30)(H2,28,29,31,33). The lowest BCUT2D eigenvalue weighted by Crippen LogP contribution is -2.35. The van der Waals surface area contributed by atoms with Gasteiger partial charge < -0.3 is 15.4 Å². The largest absolute Gasteiger partial charge is 0.490 e. The van der Waals surface area contributed by atoms with Crippen LogP contribution in [0.4, 0.5) is 5.69 Å². The molecule has 0 aliphatic carbocycles. The van der Waals surface area contributed by atoms with Crippen molar-refractivity contribution in [1.82, 2.24) is 10.6 Å². The zero-order valence-corrected chi connectivity index (χ0v) is 19.6. The first-order valence-electron chi connectivity index (χ1n) is 10.7. The fraction of sp³-hybridized carbons (Fsp3) is 0.192. The molecule has 170 valence electrons. The van der Waals surface area contributed by atoms with Gasteiger partial charge in [0.25, 0.3) is 11.8 Å². The lowest BCUT2D eigenvalue weighted by molar-refractivity contribution is 0.0939. The second-order valence-electron chi connectivity index (χ2n) is 7.72. The number of thiocarbonyl (C=S) groups is 1. The van der Waals surface area contributed by atoms with Crippen LogP contribution in [0.2, 0.25) is 0 Å². The highest BCUT2D eigenvalue weighted by Gasteiger charge is 2.17. The zero-order valence-electron chi connectivity index (χ0n) is 18.8. The number of carbonyl (C=O) groups excluding carboxylic acids is 2. The molecule has 0 fully saturated rings. The minimum atomic E-state index is -0.400. The van der Waals surface area contributed by atoms with E-state index in [-0.39, 0.29) is 23.2 Å². The topological polar surface area (TPSA) is 79.5 Å². The van der Waals surface area contributed by atoms with Gasteiger partial charge in [-0.1, -0.05) is 54.6 Å². The molecular formula is C26H27N3O3S. The highest BCUT2D eigenvalue weighted by Crippen LogP contribution is 2.20. The molecule has 1 atom stereocenters. The molecule has 0 aliphatic rings. The van der Waals surface area contributed by atoms with Crippen molar-refractivity contribution in [1.29, 1.82) is 0 Å². The molecule has 3 aromatic rings. The van der Waals surface area contributed by atoms with Gasteiger partial charge in [-0.3, -0.25) is 14.9 Å². The third kappa shape index (κ3) is 6.63. The molecule has 0 heterocycles. The van der Waals surface area contributed by atoms with E-state index in [2.05, 4.69) is 16.0 Å². The van der Waals surface area contributed by atoms with Crippen molar-refractivity contribution in [2.24, 2.45) is 0 Å². The van der Waals surface area contributed by atoms with E-state index in [9.17, 15) is 9.59 Å². The van der Waals surface area contributed by atoms with E-state index in [1.165, 1.54) is 0 Å². The average Bonchev–Trinajstić information content (AvgIpc) is 2.79. The van der Waals surface area contributed by atoms with Crippen molar-refractivity contribution in [2.45, 2.75) is 32.9 Å². The van der Waals surface area contributed by atoms with Gasteiger partial charge in [-0.25, -0.2) is 0 Å². The summed E-state index contributed by atoms with van der Waals surface area (Å²) in [6, 6.07) is 23.5. The maximum absolute atomic E-state index is 12.9. The molecule has 0 aliphatic heterocycles. The number of hydrogen-bond acceptors (Lipinski definition) is 4. The summed E-state index contributed by atoms with van der Waals surface area (Å²) in [6.45, 7) is 5.70. The van der Waals surface area contributed by atoms with E-state index in [1.807, 2.05) is 51.1 Å². The Kier molecular flexibility index (Phi) is 8.16. The SMILES string of the molecule is CC(C)Oc1ccccc1C(=O)NC(=S)Nc1ccccc1C(=O)NC(C)c1ccccc1. The van der Waals surface area contributed by atoms with E-state index >= 15 is 0 Å². The molecule has 3 aromatic carbocycles. The van der Waals surface area contributed by atoms with Crippen LogP contribution in [-0.4, -0.2) is 23.0 Å². The Bertz CT molecular complexity index is 1130. The molecule has 0 saturated carbocycles. The van der Waals surface area contributed by atoms with E-state index in [0.717, 1.165) is 5.56 Å². The molecule has 1 unspecified atom stereocenters. The van der Waals surface area contributed by atoms with Gasteiger partial charge in [0, 0.05) is 0 Å². The molecule has 2 amide bonds. The molecule has 0 saturated heterocycles. The maximum atomic E-state index is 12.9. The van der Waals surface area contributed by atoms with Gasteiger partial charge in [-0.2, -0.15) is 0 Å². The Hall–Kier alpha value is -3.71. The Morgan fingerprint density at radius 3 is 2.09 bits per heavy atom. The summed E-state index contributed by atoms with van der Waals surface area (Å²) in [5.74, 6) is -0.176. The summed E-state index contributed by atoms with van der Waals surface area (Å²) in [5.41, 5.74) is 2.28. The zero-order chi connectivity index (χ0) is 23.8. The van der Waals surface area contributed by atoms with Crippen molar-refractivity contribution in [3.8, 4) is 5.75 Å². The molecular weight excluding hydrogens is 434 g/mol. The number of benzene rings is 3. The number of para-hydroxylation sites is 2. The summed E-state index contributed by atoms with van der Waals surface area (Å²) in [4.78, 5) is 25.7. The molecule has 7 heteroatoms. The highest BCUT2D eigenvalue weighted by molar-refractivity contribution is 7.80. The van der Waals surface area contributed by atoms with Crippen molar-refractivity contribution >= 4 is 34.8 Å². The average molecular weight is 462 g/mol. The third-order valence-electron chi connectivity index (χ3n) is 4.79. The Morgan fingerprint density at radius 1 is 0.788 bits per heavy atom. The van der Waals surface area contributed by atoms with E-state index in [4.69, 9.17) is 17.0 Å². The molecule has 6 nitrogen and oxygen atoms in total. The molecule has 0 bridgehead atoms. The fourth-order valence-electron chi connectivity index (χ4n) is 3.22. The Balaban J connectivity index is 1.69. The molecule has 0 aromatic heterocycles. The van der Waals surface area contributed by atoms with Crippen LogP contribution in [0.25, 0.3) is 0 Å². The van der Waals surface area contributed by atoms with Gasteiger partial charge in [0.05, 0.1) is 29.0 Å². The molecule has 0 radical (unpaired) electrons. The van der Waals surface area contributed by atoms with Crippen LogP contribution >= 0.6 is 12.2 Å². The van der Waals surface area contributed by atoms with Crippen LogP contribution in [0.5, 0.6) is 5.75 Å². The van der Waals surface area contributed by atoms with Crippen LogP contribution in [0.1, 0.15) is 53.1 Å². The van der Waals surface area contributed by atoms with Crippen molar-refractivity contribution in [3.63, 3.8) is 0 Å². The predicted octanol–water partition coefficient (Wildman–Crippen LogP) is 5.09. The van der Waals surface area contributed by atoms with Gasteiger partial charge in [-0.05, 0) is 62.8 Å². The Labute approximate surface area is 199 Å². The summed E-state index contributed by atoms with van der Waals surface area (Å²) in [6.07, 6.45) is -0.0762. The van der Waals surface area contributed by atoms with E-state index < -0.39 is 5.91 Å². The smallest absolute Gasteiger partial charge is 0.261 e. The third-order valence-corrected chi connectivity index (χ3v) is 4.99. The van der Waals surface area contributed by atoms with E-state index in [0.29, 0.717) is 22.6 Å². The fourth-order valence-corrected chi connectivity index (χ4v) is 3.43. The number of nitrogens with one attached hydrogen (secondary N) is 3. The summed E-state index contributed by atoms with van der Waals surface area (Å²) >= 11 is 5.34. The number of rotatable bonds is 7. The minimum absolute atomic E-state index is 0.0762. The lowest BCUT2D eigenvalue weighted by Gasteiger charge is -2.17. The molecule has 0 spiro atoms. The van der Waals surface area contributed by atoms with Crippen molar-refractivity contribution in [3.05, 3.63) is 95.6 Å². The summed E-state index contributed by atoms with van der Waals surface area (Å²) in [7, 11) is 0. The molecule has 3 rings (SSSR count). The second-order valence-corrected chi connectivity index (χ2v) is 8.13. The van der Waals surface area contributed by atoms with Gasteiger partial charge in [0.1, 0.15) is 5.75 Å². The van der Waals surface area contributed by atoms with Crippen LogP contribution in [-0.2, 0) is 0 Å². The quantitative estimate of drug-likeness (QED) is 0.427. The van der Waals surface area contributed by atoms with Crippen LogP contribution in [0.15, 0.2) is 78.9 Å². The molecule has 33 heavy (non-hydrogen) atoms. The normalized spacial score (nSPS) is 11.4. The number of amides is 2. The number of hydrogen-bond donors (Lipinski definition) is 3. The number of anilines is 1. The van der Waals surface area contributed by atoms with Crippen LogP contribution in [0, 0.1) is 0 Å².